The Bertz CT molecular complexity index is 750. The van der Waals surface area contributed by atoms with Gasteiger partial charge in [0.05, 0.1) is 18.5 Å². The Morgan fingerprint density at radius 2 is 1.88 bits per heavy atom. The molecule has 1 aromatic heterocycles. The summed E-state index contributed by atoms with van der Waals surface area (Å²) in [6.45, 7) is 8.37. The van der Waals surface area contributed by atoms with E-state index in [-0.39, 0.29) is 5.97 Å². The third-order valence-electron chi connectivity index (χ3n) is 4.07. The lowest BCUT2D eigenvalue weighted by atomic mass is 9.98. The lowest BCUT2D eigenvalue weighted by Gasteiger charge is -2.35. The van der Waals surface area contributed by atoms with Gasteiger partial charge in [-0.3, -0.25) is 0 Å². The minimum Gasteiger partial charge on any atom is -0.367 e. The van der Waals surface area contributed by atoms with Gasteiger partial charge in [-0.1, -0.05) is 17.7 Å². The summed E-state index contributed by atoms with van der Waals surface area (Å²) in [6.07, 6.45) is 1.82. The molecular weight excluding hydrogens is 326 g/mol. The van der Waals surface area contributed by atoms with Crippen LogP contribution in [0.1, 0.15) is 20.8 Å². The van der Waals surface area contributed by atoms with E-state index in [4.69, 9.17) is 16.4 Å². The zero-order valence-corrected chi connectivity index (χ0v) is 15.0. The van der Waals surface area contributed by atoms with Gasteiger partial charge in [-0.15, -0.1) is 5.06 Å². The number of benzene rings is 1. The Labute approximate surface area is 147 Å². The number of hydroxylamine groups is 2. The molecule has 24 heavy (non-hydrogen) atoms. The van der Waals surface area contributed by atoms with Crippen LogP contribution in [-0.2, 0) is 9.63 Å². The first kappa shape index (κ1) is 17.0. The highest BCUT2D eigenvalue weighted by Crippen LogP contribution is 2.28. The molecular formula is C18H22ClN3O2. The van der Waals surface area contributed by atoms with E-state index in [9.17, 15) is 4.79 Å². The summed E-state index contributed by atoms with van der Waals surface area (Å²) in [5.41, 5.74) is -0.495. The molecule has 6 heteroatoms. The molecule has 1 fully saturated rings. The summed E-state index contributed by atoms with van der Waals surface area (Å²) < 4.78 is 0. The normalized spacial score (nSPS) is 16.4. The Morgan fingerprint density at radius 3 is 2.54 bits per heavy atom. The molecule has 3 rings (SSSR count). The van der Waals surface area contributed by atoms with Gasteiger partial charge in [0.2, 0.25) is 0 Å². The molecule has 0 spiro atoms. The van der Waals surface area contributed by atoms with Crippen LogP contribution in [0.3, 0.4) is 0 Å². The summed E-state index contributed by atoms with van der Waals surface area (Å²) in [6, 6.07) is 7.82. The standard InChI is InChI=1S/C18H22ClN3O2/c1-18(2,3)17(23)24-22-10-8-21(9-11-22)16-15-12-14(19)5-4-13(15)6-7-20-16/h4-7,12H,8-11H2,1-3H3. The average molecular weight is 348 g/mol. The summed E-state index contributed by atoms with van der Waals surface area (Å²) in [7, 11) is 0. The number of aromatic nitrogens is 1. The van der Waals surface area contributed by atoms with Crippen molar-refractivity contribution in [2.45, 2.75) is 20.8 Å². The van der Waals surface area contributed by atoms with E-state index < -0.39 is 5.41 Å². The maximum Gasteiger partial charge on any atom is 0.330 e. The predicted octanol–water partition coefficient (Wildman–Crippen LogP) is 3.51. The van der Waals surface area contributed by atoms with Crippen molar-refractivity contribution in [1.82, 2.24) is 10.0 Å². The first-order valence-corrected chi connectivity index (χ1v) is 8.49. The van der Waals surface area contributed by atoms with Crippen LogP contribution < -0.4 is 4.90 Å². The molecule has 0 saturated carbocycles. The van der Waals surface area contributed by atoms with Gasteiger partial charge in [0.1, 0.15) is 5.82 Å². The first-order valence-electron chi connectivity index (χ1n) is 8.11. The van der Waals surface area contributed by atoms with E-state index in [2.05, 4.69) is 9.88 Å². The number of nitrogens with zero attached hydrogens (tertiary/aromatic N) is 3. The third-order valence-corrected chi connectivity index (χ3v) is 4.30. The predicted molar refractivity (Wildman–Crippen MR) is 96.1 cm³/mol. The highest BCUT2D eigenvalue weighted by Gasteiger charge is 2.28. The van der Waals surface area contributed by atoms with Crippen LogP contribution in [0.15, 0.2) is 30.5 Å². The molecule has 128 valence electrons. The second-order valence-electron chi connectivity index (χ2n) is 7.04. The number of halogens is 1. The van der Waals surface area contributed by atoms with Crippen molar-refractivity contribution >= 4 is 34.2 Å². The minimum absolute atomic E-state index is 0.203. The van der Waals surface area contributed by atoms with Crippen LogP contribution in [0.4, 0.5) is 5.82 Å². The Balaban J connectivity index is 1.71. The van der Waals surface area contributed by atoms with Crippen molar-refractivity contribution in [3.05, 3.63) is 35.5 Å². The van der Waals surface area contributed by atoms with E-state index in [1.807, 2.05) is 51.2 Å². The summed E-state index contributed by atoms with van der Waals surface area (Å²) in [5, 5.41) is 4.60. The Hall–Kier alpha value is -1.85. The van der Waals surface area contributed by atoms with Gasteiger partial charge >= 0.3 is 5.97 Å². The second-order valence-corrected chi connectivity index (χ2v) is 7.48. The molecule has 1 aliphatic rings. The van der Waals surface area contributed by atoms with Crippen LogP contribution in [-0.4, -0.2) is 42.2 Å². The SMILES string of the molecule is CC(C)(C)C(=O)ON1CCN(c2nccc3ccc(Cl)cc23)CC1. The highest BCUT2D eigenvalue weighted by molar-refractivity contribution is 6.31. The zero-order chi connectivity index (χ0) is 17.3. The molecule has 5 nitrogen and oxygen atoms in total. The summed E-state index contributed by atoms with van der Waals surface area (Å²) in [5.74, 6) is 0.725. The largest absolute Gasteiger partial charge is 0.367 e. The number of hydrogen-bond donors (Lipinski definition) is 0. The van der Waals surface area contributed by atoms with Crippen LogP contribution >= 0.6 is 11.6 Å². The van der Waals surface area contributed by atoms with Crippen molar-refractivity contribution in [3.8, 4) is 0 Å². The van der Waals surface area contributed by atoms with E-state index in [1.165, 1.54) is 0 Å². The fourth-order valence-corrected chi connectivity index (χ4v) is 2.79. The highest BCUT2D eigenvalue weighted by atomic mass is 35.5. The molecule has 1 saturated heterocycles. The van der Waals surface area contributed by atoms with Crippen LogP contribution in [0, 0.1) is 5.41 Å². The monoisotopic (exact) mass is 347 g/mol. The van der Waals surface area contributed by atoms with Crippen molar-refractivity contribution in [1.29, 1.82) is 0 Å². The maximum atomic E-state index is 12.0. The second kappa shape index (κ2) is 6.57. The number of carbonyl (C=O) groups is 1. The molecule has 0 aliphatic carbocycles. The molecule has 0 N–H and O–H groups in total. The number of hydrogen-bond acceptors (Lipinski definition) is 5. The van der Waals surface area contributed by atoms with Gasteiger partial charge in [0.25, 0.3) is 0 Å². The van der Waals surface area contributed by atoms with Gasteiger partial charge in [0.15, 0.2) is 0 Å². The number of fused-ring (bicyclic) bond motifs is 1. The zero-order valence-electron chi connectivity index (χ0n) is 14.3. The molecule has 1 aliphatic heterocycles. The molecule has 1 aromatic carbocycles. The lowest BCUT2D eigenvalue weighted by Crippen LogP contribution is -2.48. The molecule has 0 bridgehead atoms. The molecule has 0 radical (unpaired) electrons. The molecule has 0 amide bonds. The number of rotatable bonds is 2. The van der Waals surface area contributed by atoms with E-state index in [0.717, 1.165) is 29.7 Å². The topological polar surface area (TPSA) is 45.7 Å². The van der Waals surface area contributed by atoms with Gasteiger partial charge in [-0.2, -0.15) is 0 Å². The molecule has 0 unspecified atom stereocenters. The van der Waals surface area contributed by atoms with E-state index in [0.29, 0.717) is 18.1 Å². The van der Waals surface area contributed by atoms with Gasteiger partial charge in [0, 0.05) is 29.7 Å². The lowest BCUT2D eigenvalue weighted by molar-refractivity contribution is -0.201. The Kier molecular flexibility index (Phi) is 4.65. The number of carbonyl (C=O) groups excluding carboxylic acids is 1. The van der Waals surface area contributed by atoms with Crippen LogP contribution in [0.5, 0.6) is 0 Å². The van der Waals surface area contributed by atoms with E-state index in [1.54, 1.807) is 5.06 Å². The van der Waals surface area contributed by atoms with Crippen LogP contribution in [0.2, 0.25) is 5.02 Å². The number of pyridine rings is 1. The molecule has 2 heterocycles. The first-order chi connectivity index (χ1) is 11.3. The summed E-state index contributed by atoms with van der Waals surface area (Å²) >= 11 is 6.14. The third kappa shape index (κ3) is 3.62. The van der Waals surface area contributed by atoms with Gasteiger partial charge in [-0.25, -0.2) is 9.78 Å². The molecule has 0 atom stereocenters. The minimum atomic E-state index is -0.495. The average Bonchev–Trinajstić information content (AvgIpc) is 2.54. The van der Waals surface area contributed by atoms with Crippen molar-refractivity contribution in [2.75, 3.05) is 31.1 Å². The fourth-order valence-electron chi connectivity index (χ4n) is 2.62. The van der Waals surface area contributed by atoms with Crippen molar-refractivity contribution in [2.24, 2.45) is 5.41 Å². The van der Waals surface area contributed by atoms with E-state index >= 15 is 0 Å². The number of anilines is 1. The van der Waals surface area contributed by atoms with Crippen LogP contribution in [0.25, 0.3) is 10.8 Å². The maximum absolute atomic E-state index is 12.0. The quantitative estimate of drug-likeness (QED) is 0.831. The smallest absolute Gasteiger partial charge is 0.330 e. The summed E-state index contributed by atoms with van der Waals surface area (Å²) in [4.78, 5) is 24.2. The van der Waals surface area contributed by atoms with Gasteiger partial charge in [-0.05, 0) is 44.4 Å². The fraction of sp³-hybridized carbons (Fsp3) is 0.444. The number of piperazine rings is 1. The molecule has 2 aromatic rings. The van der Waals surface area contributed by atoms with Crippen molar-refractivity contribution in [3.63, 3.8) is 0 Å². The Morgan fingerprint density at radius 1 is 1.17 bits per heavy atom. The van der Waals surface area contributed by atoms with Gasteiger partial charge < -0.3 is 9.74 Å². The van der Waals surface area contributed by atoms with Crippen molar-refractivity contribution < 1.29 is 9.63 Å².